The second-order valence-electron chi connectivity index (χ2n) is 8.45. The SMILES string of the molecule is c1cc2c3c(cccc3c1)N(CCCN1CCCCC1)/C2=N/CCCn1ccnc1. The Kier molecular flexibility index (Phi) is 5.80. The van der Waals surface area contributed by atoms with Crippen molar-refractivity contribution in [3.8, 4) is 0 Å². The molecule has 0 radical (unpaired) electrons. The van der Waals surface area contributed by atoms with Gasteiger partial charge in [-0.15, -0.1) is 0 Å². The molecule has 0 amide bonds. The fraction of sp³-hybridized carbons (Fsp3) is 0.440. The van der Waals surface area contributed by atoms with Crippen LogP contribution in [0.1, 0.15) is 37.7 Å². The Bertz CT molecular complexity index is 996. The number of aromatic nitrogens is 2. The molecule has 2 aliphatic rings. The lowest BCUT2D eigenvalue weighted by Crippen LogP contribution is -2.34. The van der Waals surface area contributed by atoms with Crippen LogP contribution in [-0.2, 0) is 6.54 Å². The molecule has 0 spiro atoms. The minimum atomic E-state index is 0.834. The number of aryl methyl sites for hydroxylation is 1. The Morgan fingerprint density at radius 1 is 0.900 bits per heavy atom. The van der Waals surface area contributed by atoms with Crippen LogP contribution in [0, 0.1) is 0 Å². The van der Waals surface area contributed by atoms with E-state index in [4.69, 9.17) is 4.99 Å². The Labute approximate surface area is 179 Å². The molecule has 3 heterocycles. The molecule has 0 unspecified atom stereocenters. The molecule has 1 saturated heterocycles. The van der Waals surface area contributed by atoms with Crippen molar-refractivity contribution in [1.82, 2.24) is 14.5 Å². The Balaban J connectivity index is 1.32. The molecule has 5 rings (SSSR count). The fourth-order valence-electron chi connectivity index (χ4n) is 4.88. The summed E-state index contributed by atoms with van der Waals surface area (Å²) in [6, 6.07) is 13.3. The van der Waals surface area contributed by atoms with Crippen LogP contribution in [0.5, 0.6) is 0 Å². The van der Waals surface area contributed by atoms with Crippen molar-refractivity contribution in [2.75, 3.05) is 37.6 Å². The molecular weight excluding hydrogens is 370 g/mol. The van der Waals surface area contributed by atoms with Crippen molar-refractivity contribution in [2.24, 2.45) is 4.99 Å². The summed E-state index contributed by atoms with van der Waals surface area (Å²) in [4.78, 5) is 14.3. The van der Waals surface area contributed by atoms with E-state index in [0.29, 0.717) is 0 Å². The number of piperidine rings is 1. The fourth-order valence-corrected chi connectivity index (χ4v) is 4.88. The van der Waals surface area contributed by atoms with Gasteiger partial charge in [0.25, 0.3) is 0 Å². The third-order valence-corrected chi connectivity index (χ3v) is 6.37. The number of hydrogen-bond acceptors (Lipinski definition) is 3. The number of likely N-dealkylation sites (tertiary alicyclic amines) is 1. The van der Waals surface area contributed by atoms with E-state index in [1.807, 2.05) is 18.7 Å². The van der Waals surface area contributed by atoms with Gasteiger partial charge in [-0.1, -0.05) is 36.8 Å². The zero-order chi connectivity index (χ0) is 20.2. The predicted octanol–water partition coefficient (Wildman–Crippen LogP) is 4.57. The highest BCUT2D eigenvalue weighted by atomic mass is 15.2. The van der Waals surface area contributed by atoms with Gasteiger partial charge in [0.1, 0.15) is 5.84 Å². The minimum absolute atomic E-state index is 0.834. The van der Waals surface area contributed by atoms with Gasteiger partial charge in [-0.25, -0.2) is 4.98 Å². The van der Waals surface area contributed by atoms with Crippen molar-refractivity contribution in [1.29, 1.82) is 0 Å². The number of amidine groups is 1. The summed E-state index contributed by atoms with van der Waals surface area (Å²) in [6.07, 6.45) is 12.1. The third-order valence-electron chi connectivity index (χ3n) is 6.37. The maximum Gasteiger partial charge on any atom is 0.136 e. The number of rotatable bonds is 8. The van der Waals surface area contributed by atoms with Gasteiger partial charge >= 0.3 is 0 Å². The second-order valence-corrected chi connectivity index (χ2v) is 8.45. The van der Waals surface area contributed by atoms with E-state index in [0.717, 1.165) is 31.9 Å². The first-order chi connectivity index (χ1) is 14.9. The molecule has 0 saturated carbocycles. The van der Waals surface area contributed by atoms with Crippen molar-refractivity contribution in [2.45, 2.75) is 38.6 Å². The number of imidazole rings is 1. The van der Waals surface area contributed by atoms with Crippen LogP contribution in [0.4, 0.5) is 5.69 Å². The van der Waals surface area contributed by atoms with Gasteiger partial charge in [0.05, 0.1) is 12.0 Å². The number of hydrogen-bond donors (Lipinski definition) is 0. The quantitative estimate of drug-likeness (QED) is 0.519. The second kappa shape index (κ2) is 9.00. The van der Waals surface area contributed by atoms with Crippen molar-refractivity contribution in [3.05, 3.63) is 60.7 Å². The summed E-state index contributed by atoms with van der Waals surface area (Å²) >= 11 is 0. The van der Waals surface area contributed by atoms with Gasteiger partial charge in [0, 0.05) is 43.0 Å². The van der Waals surface area contributed by atoms with E-state index >= 15 is 0 Å². The van der Waals surface area contributed by atoms with E-state index in [9.17, 15) is 0 Å². The molecule has 2 aliphatic heterocycles. The molecule has 0 bridgehead atoms. The summed E-state index contributed by atoms with van der Waals surface area (Å²) in [5.41, 5.74) is 2.62. The normalized spacial score (nSPS) is 18.0. The first-order valence-corrected chi connectivity index (χ1v) is 11.4. The number of anilines is 1. The highest BCUT2D eigenvalue weighted by Gasteiger charge is 2.27. The molecule has 5 nitrogen and oxygen atoms in total. The lowest BCUT2D eigenvalue weighted by atomic mass is 10.1. The van der Waals surface area contributed by atoms with Crippen LogP contribution >= 0.6 is 0 Å². The van der Waals surface area contributed by atoms with Crippen LogP contribution in [-0.4, -0.2) is 53.0 Å². The average molecular weight is 402 g/mol. The summed E-state index contributed by atoms with van der Waals surface area (Å²) < 4.78 is 2.13. The molecule has 1 fully saturated rings. The molecule has 0 N–H and O–H groups in total. The predicted molar refractivity (Wildman–Crippen MR) is 124 cm³/mol. The van der Waals surface area contributed by atoms with Crippen LogP contribution < -0.4 is 4.90 Å². The van der Waals surface area contributed by atoms with Crippen LogP contribution in [0.15, 0.2) is 60.1 Å². The molecule has 3 aromatic rings. The number of benzene rings is 2. The zero-order valence-electron chi connectivity index (χ0n) is 17.7. The van der Waals surface area contributed by atoms with E-state index in [1.54, 1.807) is 0 Å². The lowest BCUT2D eigenvalue weighted by molar-refractivity contribution is 0.228. The summed E-state index contributed by atoms with van der Waals surface area (Å²) in [5, 5.41) is 2.68. The first-order valence-electron chi connectivity index (χ1n) is 11.4. The van der Waals surface area contributed by atoms with Gasteiger partial charge in [-0.05, 0) is 56.8 Å². The molecule has 2 aromatic carbocycles. The van der Waals surface area contributed by atoms with Gasteiger partial charge in [0.15, 0.2) is 0 Å². The summed E-state index contributed by atoms with van der Waals surface area (Å²) in [5.74, 6) is 1.16. The van der Waals surface area contributed by atoms with Crippen molar-refractivity contribution >= 4 is 22.3 Å². The average Bonchev–Trinajstić information content (AvgIpc) is 3.41. The summed E-state index contributed by atoms with van der Waals surface area (Å²) in [7, 11) is 0. The Morgan fingerprint density at radius 3 is 2.60 bits per heavy atom. The first kappa shape index (κ1) is 19.3. The van der Waals surface area contributed by atoms with Gasteiger partial charge < -0.3 is 14.4 Å². The standard InChI is InChI=1S/C25H31N5/c1-2-14-28(15-3-1)17-7-18-30-23-11-5-9-21-8-4-10-22(24(21)23)25(30)27-12-6-16-29-19-13-26-20-29/h4-5,8-11,13,19-20H,1-3,6-7,12,14-18H2/b27-25+. The molecule has 0 atom stereocenters. The minimum Gasteiger partial charge on any atom is -0.337 e. The largest absolute Gasteiger partial charge is 0.337 e. The van der Waals surface area contributed by atoms with Gasteiger partial charge in [-0.3, -0.25) is 4.99 Å². The Hall–Kier alpha value is -2.66. The van der Waals surface area contributed by atoms with Crippen LogP contribution in [0.3, 0.4) is 0 Å². The van der Waals surface area contributed by atoms with Gasteiger partial charge in [-0.2, -0.15) is 0 Å². The zero-order valence-corrected chi connectivity index (χ0v) is 17.7. The van der Waals surface area contributed by atoms with E-state index in [2.05, 4.69) is 55.7 Å². The lowest BCUT2D eigenvalue weighted by Gasteiger charge is -2.28. The molecule has 5 heteroatoms. The third kappa shape index (κ3) is 3.99. The monoisotopic (exact) mass is 401 g/mol. The molecule has 156 valence electrons. The summed E-state index contributed by atoms with van der Waals surface area (Å²) in [6.45, 7) is 6.56. The van der Waals surface area contributed by atoms with Crippen LogP contribution in [0.25, 0.3) is 10.8 Å². The van der Waals surface area contributed by atoms with E-state index < -0.39 is 0 Å². The van der Waals surface area contributed by atoms with E-state index in [1.165, 1.54) is 67.3 Å². The molecular formula is C25H31N5. The van der Waals surface area contributed by atoms with Crippen molar-refractivity contribution in [3.63, 3.8) is 0 Å². The topological polar surface area (TPSA) is 36.7 Å². The van der Waals surface area contributed by atoms with Gasteiger partial charge in [0.2, 0.25) is 0 Å². The molecule has 30 heavy (non-hydrogen) atoms. The highest BCUT2D eigenvalue weighted by molar-refractivity contribution is 6.27. The Morgan fingerprint density at radius 2 is 1.77 bits per heavy atom. The highest BCUT2D eigenvalue weighted by Crippen LogP contribution is 2.37. The van der Waals surface area contributed by atoms with Crippen LogP contribution in [0.2, 0.25) is 0 Å². The molecule has 0 aliphatic carbocycles. The number of aliphatic imine (C=N–C) groups is 1. The smallest absolute Gasteiger partial charge is 0.136 e. The maximum absolute atomic E-state index is 5.10. The van der Waals surface area contributed by atoms with Crippen molar-refractivity contribution < 1.29 is 0 Å². The van der Waals surface area contributed by atoms with E-state index in [-0.39, 0.29) is 0 Å². The molecule has 1 aromatic heterocycles. The number of nitrogens with zero attached hydrogens (tertiary/aromatic N) is 5. The maximum atomic E-state index is 5.10.